The fraction of sp³-hybridized carbons (Fsp3) is 0.792. The molecule has 172 valence electrons. The van der Waals surface area contributed by atoms with Gasteiger partial charge in [0.25, 0.3) is 0 Å². The molecule has 0 amide bonds. The monoisotopic (exact) mass is 426 g/mol. The van der Waals surface area contributed by atoms with E-state index in [1.165, 1.54) is 33.3 Å². The molecule has 1 rings (SSSR count). The van der Waals surface area contributed by atoms with E-state index in [0.29, 0.717) is 19.3 Å². The number of Topliss-reactive ketones (excluding diaryl/α,β-unsaturated/α-hetero) is 1. The molecule has 1 fully saturated rings. The van der Waals surface area contributed by atoms with Crippen molar-refractivity contribution in [1.29, 1.82) is 0 Å². The van der Waals surface area contributed by atoms with E-state index >= 15 is 0 Å². The summed E-state index contributed by atoms with van der Waals surface area (Å²) < 4.78 is 23.1. The van der Waals surface area contributed by atoms with Crippen LogP contribution in [0.15, 0.2) is 12.2 Å². The standard InChI is InChI=1S/C24H39FO5/c1-4-5-6-7-8-10-13-20-19(17-25)16-22(27)21(20)14-11-9-12-15-23(24(28)29-3)30-18(2)26/h10,13,19-21,23H,4-9,11-12,14-17H2,1-3H3/t19-,20-,21+,23?/m0/s1. The molecule has 0 aliphatic heterocycles. The normalized spacial score (nSPS) is 22.4. The molecule has 6 heteroatoms. The van der Waals surface area contributed by atoms with Crippen LogP contribution in [-0.4, -0.2) is 37.6 Å². The van der Waals surface area contributed by atoms with Crippen molar-refractivity contribution in [2.45, 2.75) is 90.6 Å². The second kappa shape index (κ2) is 15.1. The lowest BCUT2D eigenvalue weighted by atomic mass is 9.85. The summed E-state index contributed by atoms with van der Waals surface area (Å²) in [6.07, 6.45) is 12.9. The maximum absolute atomic E-state index is 13.4. The minimum atomic E-state index is -0.875. The summed E-state index contributed by atoms with van der Waals surface area (Å²) in [6, 6.07) is 0. The van der Waals surface area contributed by atoms with Gasteiger partial charge >= 0.3 is 11.9 Å². The summed E-state index contributed by atoms with van der Waals surface area (Å²) in [6.45, 7) is 3.00. The van der Waals surface area contributed by atoms with Crippen LogP contribution >= 0.6 is 0 Å². The maximum Gasteiger partial charge on any atom is 0.347 e. The first-order valence-electron chi connectivity index (χ1n) is 11.4. The van der Waals surface area contributed by atoms with E-state index in [1.807, 2.05) is 0 Å². The van der Waals surface area contributed by atoms with E-state index in [0.717, 1.165) is 32.1 Å². The molecule has 0 spiro atoms. The fourth-order valence-electron chi connectivity index (χ4n) is 4.26. The predicted octanol–water partition coefficient (Wildman–Crippen LogP) is 5.36. The molecule has 1 saturated carbocycles. The van der Waals surface area contributed by atoms with E-state index < -0.39 is 24.7 Å². The third kappa shape index (κ3) is 9.40. The topological polar surface area (TPSA) is 69.7 Å². The Hall–Kier alpha value is -1.72. The third-order valence-corrected chi connectivity index (χ3v) is 5.92. The summed E-state index contributed by atoms with van der Waals surface area (Å²) in [5, 5.41) is 0. The quantitative estimate of drug-likeness (QED) is 0.200. The number of halogens is 1. The van der Waals surface area contributed by atoms with Crippen LogP contribution in [0.4, 0.5) is 4.39 Å². The third-order valence-electron chi connectivity index (χ3n) is 5.92. The van der Waals surface area contributed by atoms with E-state index in [1.54, 1.807) is 0 Å². The Bertz CT molecular complexity index is 560. The highest BCUT2D eigenvalue weighted by Crippen LogP contribution is 2.39. The van der Waals surface area contributed by atoms with Gasteiger partial charge in [-0.2, -0.15) is 0 Å². The van der Waals surface area contributed by atoms with Gasteiger partial charge in [-0.15, -0.1) is 0 Å². The van der Waals surface area contributed by atoms with Gasteiger partial charge in [-0.25, -0.2) is 4.79 Å². The zero-order valence-corrected chi connectivity index (χ0v) is 18.9. The van der Waals surface area contributed by atoms with Crippen LogP contribution in [0.2, 0.25) is 0 Å². The smallest absolute Gasteiger partial charge is 0.347 e. The predicted molar refractivity (Wildman–Crippen MR) is 115 cm³/mol. The molecule has 5 nitrogen and oxygen atoms in total. The minimum Gasteiger partial charge on any atom is -0.466 e. The first-order valence-corrected chi connectivity index (χ1v) is 11.4. The fourth-order valence-corrected chi connectivity index (χ4v) is 4.26. The van der Waals surface area contributed by atoms with E-state index in [-0.39, 0.29) is 23.5 Å². The van der Waals surface area contributed by atoms with Crippen molar-refractivity contribution in [2.75, 3.05) is 13.8 Å². The summed E-state index contributed by atoms with van der Waals surface area (Å²) in [7, 11) is 1.27. The second-order valence-electron chi connectivity index (χ2n) is 8.31. The Balaban J connectivity index is 2.46. The van der Waals surface area contributed by atoms with Crippen molar-refractivity contribution < 1.29 is 28.2 Å². The number of rotatable bonds is 15. The van der Waals surface area contributed by atoms with Crippen LogP contribution in [0.5, 0.6) is 0 Å². The SMILES string of the molecule is CCCCCCC=C[C@H]1[C@H](CF)CC(=O)[C@@H]1CCCCCC(OC(C)=O)C(=O)OC. The lowest BCUT2D eigenvalue weighted by Gasteiger charge is -2.19. The molecule has 30 heavy (non-hydrogen) atoms. The zero-order valence-electron chi connectivity index (χ0n) is 18.9. The second-order valence-corrected chi connectivity index (χ2v) is 8.31. The van der Waals surface area contributed by atoms with E-state index in [4.69, 9.17) is 4.74 Å². The van der Waals surface area contributed by atoms with Crippen LogP contribution < -0.4 is 0 Å². The van der Waals surface area contributed by atoms with Crippen LogP contribution in [-0.2, 0) is 23.9 Å². The van der Waals surface area contributed by atoms with E-state index in [2.05, 4.69) is 23.8 Å². The Kier molecular flexibility index (Phi) is 13.3. The number of carbonyl (C=O) groups excluding carboxylic acids is 3. The molecular weight excluding hydrogens is 387 g/mol. The van der Waals surface area contributed by atoms with Crippen LogP contribution in [0.25, 0.3) is 0 Å². The largest absolute Gasteiger partial charge is 0.466 e. The average molecular weight is 427 g/mol. The highest BCUT2D eigenvalue weighted by molar-refractivity contribution is 5.84. The van der Waals surface area contributed by atoms with Gasteiger partial charge in [0.05, 0.1) is 13.8 Å². The molecule has 0 aromatic rings. The number of carbonyl (C=O) groups is 3. The number of ketones is 1. The zero-order chi connectivity index (χ0) is 22.4. The summed E-state index contributed by atoms with van der Waals surface area (Å²) in [4.78, 5) is 35.2. The van der Waals surface area contributed by atoms with Gasteiger partial charge in [-0.05, 0) is 38.0 Å². The molecule has 0 aromatic heterocycles. The molecule has 0 bridgehead atoms. The molecule has 0 saturated heterocycles. The lowest BCUT2D eigenvalue weighted by molar-refractivity contribution is -0.165. The number of hydrogen-bond donors (Lipinski definition) is 0. The minimum absolute atomic E-state index is 0.00228. The van der Waals surface area contributed by atoms with Crippen molar-refractivity contribution in [3.05, 3.63) is 12.2 Å². The summed E-state index contributed by atoms with van der Waals surface area (Å²) >= 11 is 0. The van der Waals surface area contributed by atoms with Crippen LogP contribution in [0.1, 0.15) is 84.5 Å². The van der Waals surface area contributed by atoms with E-state index in [9.17, 15) is 18.8 Å². The van der Waals surface area contributed by atoms with Gasteiger partial charge < -0.3 is 9.47 Å². The Morgan fingerprint density at radius 2 is 1.90 bits per heavy atom. The first kappa shape index (κ1) is 26.3. The number of esters is 2. The maximum atomic E-state index is 13.4. The first-order chi connectivity index (χ1) is 14.4. The van der Waals surface area contributed by atoms with Crippen molar-refractivity contribution in [1.82, 2.24) is 0 Å². The Labute approximate surface area is 180 Å². The number of allylic oxidation sites excluding steroid dienone is 2. The van der Waals surface area contributed by atoms with Crippen molar-refractivity contribution in [2.24, 2.45) is 17.8 Å². The van der Waals surface area contributed by atoms with Gasteiger partial charge in [0.1, 0.15) is 5.78 Å². The highest BCUT2D eigenvalue weighted by Gasteiger charge is 2.40. The number of unbranched alkanes of at least 4 members (excludes halogenated alkanes) is 6. The molecule has 0 heterocycles. The van der Waals surface area contributed by atoms with Gasteiger partial charge in [0, 0.05) is 25.2 Å². The molecule has 0 radical (unpaired) electrons. The Morgan fingerprint density at radius 1 is 1.17 bits per heavy atom. The molecule has 1 aliphatic carbocycles. The molecule has 1 aliphatic rings. The van der Waals surface area contributed by atoms with Gasteiger partial charge in [0.2, 0.25) is 0 Å². The summed E-state index contributed by atoms with van der Waals surface area (Å²) in [5.41, 5.74) is 0. The molecule has 4 atom stereocenters. The van der Waals surface area contributed by atoms with Crippen molar-refractivity contribution in [3.63, 3.8) is 0 Å². The molecule has 0 N–H and O–H groups in total. The van der Waals surface area contributed by atoms with Crippen LogP contribution in [0.3, 0.4) is 0 Å². The van der Waals surface area contributed by atoms with Crippen molar-refractivity contribution in [3.8, 4) is 0 Å². The molecule has 1 unspecified atom stereocenters. The van der Waals surface area contributed by atoms with Gasteiger partial charge in [0.15, 0.2) is 6.10 Å². The molecule has 0 aromatic carbocycles. The molecular formula is C24H39FO5. The number of hydrogen-bond acceptors (Lipinski definition) is 5. The summed E-state index contributed by atoms with van der Waals surface area (Å²) in [5.74, 6) is -1.19. The Morgan fingerprint density at radius 3 is 2.53 bits per heavy atom. The number of methoxy groups -OCH3 is 1. The number of ether oxygens (including phenoxy) is 2. The number of alkyl halides is 1. The average Bonchev–Trinajstić information content (AvgIpc) is 3.03. The highest BCUT2D eigenvalue weighted by atomic mass is 19.1. The van der Waals surface area contributed by atoms with Gasteiger partial charge in [-0.3, -0.25) is 14.0 Å². The van der Waals surface area contributed by atoms with Crippen LogP contribution in [0, 0.1) is 17.8 Å². The lowest BCUT2D eigenvalue weighted by Crippen LogP contribution is -2.27. The van der Waals surface area contributed by atoms with Gasteiger partial charge in [-0.1, -0.05) is 51.2 Å². The van der Waals surface area contributed by atoms with Crippen molar-refractivity contribution >= 4 is 17.7 Å².